The van der Waals surface area contributed by atoms with Crippen LogP contribution in [0.5, 0.6) is 0 Å². The van der Waals surface area contributed by atoms with Crippen LogP contribution < -0.4 is 5.32 Å². The first-order valence-corrected chi connectivity index (χ1v) is 6.45. The zero-order chi connectivity index (χ0) is 12.5. The lowest BCUT2D eigenvalue weighted by Gasteiger charge is -2.15. The lowest BCUT2D eigenvalue weighted by atomic mass is 10.2. The summed E-state index contributed by atoms with van der Waals surface area (Å²) in [6.45, 7) is 8.67. The van der Waals surface area contributed by atoms with Crippen molar-refractivity contribution in [2.75, 3.05) is 13.2 Å². The number of nitrogens with zero attached hydrogens (tertiary/aromatic N) is 2. The van der Waals surface area contributed by atoms with Crippen molar-refractivity contribution in [2.45, 2.75) is 46.3 Å². The van der Waals surface area contributed by atoms with Crippen molar-refractivity contribution in [3.8, 4) is 0 Å². The molecule has 1 atom stereocenters. The zero-order valence-corrected chi connectivity index (χ0v) is 11.1. The zero-order valence-electron chi connectivity index (χ0n) is 11.1. The molecular formula is C13H23N3O. The molecule has 0 spiro atoms. The standard InChI is InChI=1S/C13H23N3O/c1-4-7-12(17-6-3)13-15-9-8-11(16-13)10-14-5-2/h8-9,12,14H,4-7,10H2,1-3H3. The first kappa shape index (κ1) is 14.1. The SMILES string of the molecule is CCCC(OCC)c1nccc(CNCC)n1. The molecule has 4 heteroatoms. The van der Waals surface area contributed by atoms with Crippen LogP contribution in [0.15, 0.2) is 12.3 Å². The third kappa shape index (κ3) is 4.79. The third-order valence-corrected chi connectivity index (χ3v) is 2.49. The van der Waals surface area contributed by atoms with Crippen LogP contribution in [0.4, 0.5) is 0 Å². The molecule has 96 valence electrons. The van der Waals surface area contributed by atoms with Crippen molar-refractivity contribution in [3.05, 3.63) is 23.8 Å². The predicted molar refractivity (Wildman–Crippen MR) is 68.7 cm³/mol. The highest BCUT2D eigenvalue weighted by Crippen LogP contribution is 2.19. The third-order valence-electron chi connectivity index (χ3n) is 2.49. The first-order valence-electron chi connectivity index (χ1n) is 6.45. The Labute approximate surface area is 104 Å². The Morgan fingerprint density at radius 1 is 1.35 bits per heavy atom. The van der Waals surface area contributed by atoms with Crippen LogP contribution in [0.25, 0.3) is 0 Å². The fraction of sp³-hybridized carbons (Fsp3) is 0.692. The van der Waals surface area contributed by atoms with E-state index in [0.29, 0.717) is 6.61 Å². The second-order valence-corrected chi connectivity index (χ2v) is 3.92. The van der Waals surface area contributed by atoms with E-state index in [4.69, 9.17) is 4.74 Å². The second-order valence-electron chi connectivity index (χ2n) is 3.92. The van der Waals surface area contributed by atoms with Crippen molar-refractivity contribution in [1.82, 2.24) is 15.3 Å². The molecule has 1 heterocycles. The van der Waals surface area contributed by atoms with Gasteiger partial charge in [0.15, 0.2) is 5.82 Å². The van der Waals surface area contributed by atoms with Crippen LogP contribution in [0, 0.1) is 0 Å². The second kappa shape index (κ2) is 8.14. The summed E-state index contributed by atoms with van der Waals surface area (Å²) < 4.78 is 5.68. The summed E-state index contributed by atoms with van der Waals surface area (Å²) in [5.74, 6) is 0.809. The number of aromatic nitrogens is 2. The molecule has 17 heavy (non-hydrogen) atoms. The monoisotopic (exact) mass is 237 g/mol. The summed E-state index contributed by atoms with van der Waals surface area (Å²) in [6.07, 6.45) is 3.90. The summed E-state index contributed by atoms with van der Waals surface area (Å²) in [5, 5.41) is 3.26. The quantitative estimate of drug-likeness (QED) is 0.754. The van der Waals surface area contributed by atoms with Crippen LogP contribution in [-0.4, -0.2) is 23.1 Å². The van der Waals surface area contributed by atoms with Crippen LogP contribution >= 0.6 is 0 Å². The van der Waals surface area contributed by atoms with Gasteiger partial charge in [0.2, 0.25) is 0 Å². The van der Waals surface area contributed by atoms with E-state index in [1.807, 2.05) is 19.2 Å². The molecule has 0 radical (unpaired) electrons. The molecule has 1 aromatic heterocycles. The number of hydrogen-bond acceptors (Lipinski definition) is 4. The molecule has 0 aliphatic rings. The Balaban J connectivity index is 2.72. The largest absolute Gasteiger partial charge is 0.371 e. The Bertz CT molecular complexity index is 311. The molecule has 0 aliphatic carbocycles. The Morgan fingerprint density at radius 2 is 2.18 bits per heavy atom. The van der Waals surface area contributed by atoms with Gasteiger partial charge in [-0.15, -0.1) is 0 Å². The molecule has 0 bridgehead atoms. The topological polar surface area (TPSA) is 47.0 Å². The highest BCUT2D eigenvalue weighted by Gasteiger charge is 2.13. The Hall–Kier alpha value is -1.00. The van der Waals surface area contributed by atoms with E-state index >= 15 is 0 Å². The average molecular weight is 237 g/mol. The van der Waals surface area contributed by atoms with Crippen LogP contribution in [0.1, 0.15) is 51.2 Å². The predicted octanol–water partition coefficient (Wildman–Crippen LogP) is 2.46. The van der Waals surface area contributed by atoms with Crippen molar-refractivity contribution in [1.29, 1.82) is 0 Å². The normalized spacial score (nSPS) is 12.6. The van der Waals surface area contributed by atoms with E-state index in [-0.39, 0.29) is 6.10 Å². The molecular weight excluding hydrogens is 214 g/mol. The van der Waals surface area contributed by atoms with E-state index in [2.05, 4.69) is 29.1 Å². The van der Waals surface area contributed by atoms with Crippen molar-refractivity contribution >= 4 is 0 Å². The Kier molecular flexibility index (Phi) is 6.74. The molecule has 1 unspecified atom stereocenters. The minimum atomic E-state index is 0.0339. The molecule has 0 aromatic carbocycles. The summed E-state index contributed by atoms with van der Waals surface area (Å²) in [7, 11) is 0. The van der Waals surface area contributed by atoms with Gasteiger partial charge in [-0.3, -0.25) is 0 Å². The van der Waals surface area contributed by atoms with Gasteiger partial charge in [-0.1, -0.05) is 20.3 Å². The van der Waals surface area contributed by atoms with Gasteiger partial charge in [-0.05, 0) is 26.0 Å². The maximum Gasteiger partial charge on any atom is 0.157 e. The summed E-state index contributed by atoms with van der Waals surface area (Å²) in [6, 6.07) is 1.95. The number of ether oxygens (including phenoxy) is 1. The van der Waals surface area contributed by atoms with Crippen molar-refractivity contribution in [2.24, 2.45) is 0 Å². The molecule has 4 nitrogen and oxygen atoms in total. The van der Waals surface area contributed by atoms with E-state index in [0.717, 1.165) is 37.4 Å². The average Bonchev–Trinajstić information content (AvgIpc) is 2.36. The lowest BCUT2D eigenvalue weighted by molar-refractivity contribution is 0.0492. The molecule has 1 N–H and O–H groups in total. The number of nitrogens with one attached hydrogen (secondary N) is 1. The van der Waals surface area contributed by atoms with Gasteiger partial charge in [0, 0.05) is 19.3 Å². The molecule has 1 rings (SSSR count). The molecule has 0 saturated carbocycles. The number of rotatable bonds is 8. The fourth-order valence-corrected chi connectivity index (χ4v) is 1.67. The summed E-state index contributed by atoms with van der Waals surface area (Å²) in [4.78, 5) is 8.87. The van der Waals surface area contributed by atoms with E-state index < -0.39 is 0 Å². The van der Waals surface area contributed by atoms with Gasteiger partial charge in [0.1, 0.15) is 6.10 Å². The molecule has 0 fully saturated rings. The molecule has 0 aliphatic heterocycles. The van der Waals surface area contributed by atoms with Crippen molar-refractivity contribution in [3.63, 3.8) is 0 Å². The Morgan fingerprint density at radius 3 is 2.82 bits per heavy atom. The minimum absolute atomic E-state index is 0.0339. The van der Waals surface area contributed by atoms with E-state index in [9.17, 15) is 0 Å². The van der Waals surface area contributed by atoms with Gasteiger partial charge in [-0.2, -0.15) is 0 Å². The van der Waals surface area contributed by atoms with E-state index in [1.54, 1.807) is 0 Å². The number of hydrogen-bond donors (Lipinski definition) is 1. The molecule has 0 amide bonds. The van der Waals surface area contributed by atoms with Gasteiger partial charge in [-0.25, -0.2) is 9.97 Å². The summed E-state index contributed by atoms with van der Waals surface area (Å²) in [5.41, 5.74) is 1.03. The highest BCUT2D eigenvalue weighted by molar-refractivity contribution is 5.04. The minimum Gasteiger partial charge on any atom is -0.371 e. The first-order chi connectivity index (χ1) is 8.31. The van der Waals surface area contributed by atoms with Crippen molar-refractivity contribution < 1.29 is 4.74 Å². The summed E-state index contributed by atoms with van der Waals surface area (Å²) >= 11 is 0. The van der Waals surface area contributed by atoms with Gasteiger partial charge in [0.25, 0.3) is 0 Å². The maximum absolute atomic E-state index is 5.68. The fourth-order valence-electron chi connectivity index (χ4n) is 1.67. The van der Waals surface area contributed by atoms with Gasteiger partial charge < -0.3 is 10.1 Å². The van der Waals surface area contributed by atoms with Crippen LogP contribution in [0.3, 0.4) is 0 Å². The van der Waals surface area contributed by atoms with Gasteiger partial charge >= 0.3 is 0 Å². The van der Waals surface area contributed by atoms with Crippen LogP contribution in [-0.2, 0) is 11.3 Å². The lowest BCUT2D eigenvalue weighted by Crippen LogP contribution is -2.15. The van der Waals surface area contributed by atoms with Crippen LogP contribution in [0.2, 0.25) is 0 Å². The molecule has 0 saturated heterocycles. The maximum atomic E-state index is 5.68. The smallest absolute Gasteiger partial charge is 0.157 e. The molecule has 1 aromatic rings. The van der Waals surface area contributed by atoms with E-state index in [1.165, 1.54) is 0 Å². The van der Waals surface area contributed by atoms with Gasteiger partial charge in [0.05, 0.1) is 5.69 Å². The highest BCUT2D eigenvalue weighted by atomic mass is 16.5.